The van der Waals surface area contributed by atoms with Crippen LogP contribution in [0.1, 0.15) is 22.3 Å². The largest absolute Gasteiger partial charge is 0.309 e. The first-order valence-corrected chi connectivity index (χ1v) is 21.9. The molecule has 0 fully saturated rings. The number of para-hydroxylation sites is 2. The van der Waals surface area contributed by atoms with Gasteiger partial charge in [0.05, 0.1) is 16.4 Å². The van der Waals surface area contributed by atoms with Crippen molar-refractivity contribution in [2.45, 2.75) is 5.41 Å². The topological polar surface area (TPSA) is 4.93 Å². The van der Waals surface area contributed by atoms with E-state index in [0.717, 1.165) is 5.69 Å². The summed E-state index contributed by atoms with van der Waals surface area (Å²) in [5, 5.41) is 8.04. The molecular weight excluding hydrogens is 703 g/mol. The lowest BCUT2D eigenvalue weighted by molar-refractivity contribution is 0.768. The predicted molar refractivity (Wildman–Crippen MR) is 242 cm³/mol. The van der Waals surface area contributed by atoms with E-state index in [2.05, 4.69) is 241 Å². The first-order valence-electron chi connectivity index (χ1n) is 19.9. The van der Waals surface area contributed by atoms with E-state index in [1.807, 2.05) is 0 Å². The predicted octanol–water partition coefficient (Wildman–Crippen LogP) is 10.5. The summed E-state index contributed by atoms with van der Waals surface area (Å²) in [7, 11) is -2.70. The molecule has 268 valence electrons. The molecular formula is C55H39NSi. The molecule has 0 unspecified atom stereocenters. The summed E-state index contributed by atoms with van der Waals surface area (Å²) in [6, 6.07) is 88.3. The quantitative estimate of drug-likeness (QED) is 0.113. The van der Waals surface area contributed by atoms with Crippen LogP contribution in [0, 0.1) is 0 Å². The van der Waals surface area contributed by atoms with Crippen molar-refractivity contribution in [1.82, 2.24) is 4.57 Å². The zero-order chi connectivity index (χ0) is 37.8. The van der Waals surface area contributed by atoms with Crippen molar-refractivity contribution in [2.75, 3.05) is 0 Å². The number of rotatable bonds is 7. The summed E-state index contributed by atoms with van der Waals surface area (Å²) in [6.45, 7) is 0. The second-order valence-electron chi connectivity index (χ2n) is 15.2. The van der Waals surface area contributed by atoms with Crippen LogP contribution in [-0.2, 0) is 5.41 Å². The molecule has 10 aromatic rings. The van der Waals surface area contributed by atoms with E-state index < -0.39 is 13.5 Å². The zero-order valence-electron chi connectivity index (χ0n) is 31.5. The van der Waals surface area contributed by atoms with Gasteiger partial charge < -0.3 is 4.57 Å². The smallest absolute Gasteiger partial charge is 0.179 e. The Hall–Kier alpha value is -7.00. The number of benzene rings is 9. The molecule has 0 saturated carbocycles. The van der Waals surface area contributed by atoms with Gasteiger partial charge in [0, 0.05) is 16.5 Å². The van der Waals surface area contributed by atoms with Gasteiger partial charge in [0.15, 0.2) is 8.07 Å². The highest BCUT2D eigenvalue weighted by molar-refractivity contribution is 7.19. The second-order valence-corrected chi connectivity index (χ2v) is 19.0. The maximum absolute atomic E-state index is 2.70. The fourth-order valence-electron chi connectivity index (χ4n) is 10.1. The van der Waals surface area contributed by atoms with Gasteiger partial charge >= 0.3 is 0 Å². The molecule has 11 rings (SSSR count). The van der Waals surface area contributed by atoms with Gasteiger partial charge in [0.25, 0.3) is 0 Å². The van der Waals surface area contributed by atoms with E-state index in [1.54, 1.807) is 0 Å². The van der Waals surface area contributed by atoms with Crippen LogP contribution in [0.5, 0.6) is 0 Å². The van der Waals surface area contributed by atoms with E-state index in [0.29, 0.717) is 0 Å². The van der Waals surface area contributed by atoms with Crippen molar-refractivity contribution in [1.29, 1.82) is 0 Å². The zero-order valence-corrected chi connectivity index (χ0v) is 32.5. The molecule has 2 heteroatoms. The molecule has 1 aliphatic rings. The molecule has 1 aliphatic carbocycles. The Labute approximate surface area is 334 Å². The summed E-state index contributed by atoms with van der Waals surface area (Å²) >= 11 is 0. The maximum Gasteiger partial charge on any atom is 0.179 e. The summed E-state index contributed by atoms with van der Waals surface area (Å²) in [4.78, 5) is 0. The Kier molecular flexibility index (Phi) is 7.80. The Bertz CT molecular complexity index is 2840. The number of nitrogens with zero attached hydrogens (tertiary/aromatic N) is 1. The molecule has 0 saturated heterocycles. The van der Waals surface area contributed by atoms with Crippen LogP contribution in [-0.4, -0.2) is 12.6 Å². The van der Waals surface area contributed by atoms with Gasteiger partial charge in [-0.3, -0.25) is 0 Å². The third-order valence-corrected chi connectivity index (χ3v) is 17.3. The van der Waals surface area contributed by atoms with Gasteiger partial charge in [-0.15, -0.1) is 0 Å². The highest BCUT2D eigenvalue weighted by Gasteiger charge is 2.47. The molecule has 1 nitrogen and oxygen atoms in total. The number of fused-ring (bicyclic) bond motifs is 6. The van der Waals surface area contributed by atoms with Gasteiger partial charge in [-0.05, 0) is 78.4 Å². The Morgan fingerprint density at radius 3 is 1.11 bits per heavy atom. The SMILES string of the molecule is c1ccc([Si](c2ccccc2)(c2ccccc2)c2ccc(C3(c4ccc(-n5c6ccccc6c6ccccc65)cc4)c4ccccc4-c4ccccc43)cc2)cc1. The molecule has 0 amide bonds. The molecule has 0 radical (unpaired) electrons. The van der Waals surface area contributed by atoms with Crippen LogP contribution < -0.4 is 20.7 Å². The van der Waals surface area contributed by atoms with Crippen molar-refractivity contribution in [3.8, 4) is 16.8 Å². The third kappa shape index (κ3) is 4.87. The van der Waals surface area contributed by atoms with Crippen molar-refractivity contribution < 1.29 is 0 Å². The van der Waals surface area contributed by atoms with E-state index >= 15 is 0 Å². The third-order valence-electron chi connectivity index (χ3n) is 12.5. The average Bonchev–Trinajstić information content (AvgIpc) is 3.79. The number of hydrogen-bond acceptors (Lipinski definition) is 0. The fourth-order valence-corrected chi connectivity index (χ4v) is 14.9. The molecule has 0 spiro atoms. The Balaban J connectivity index is 1.15. The second kappa shape index (κ2) is 13.3. The van der Waals surface area contributed by atoms with Crippen LogP contribution in [0.3, 0.4) is 0 Å². The van der Waals surface area contributed by atoms with Crippen LogP contribution >= 0.6 is 0 Å². The Morgan fingerprint density at radius 2 is 0.649 bits per heavy atom. The summed E-state index contributed by atoms with van der Waals surface area (Å²) in [5.74, 6) is 0. The van der Waals surface area contributed by atoms with Gasteiger partial charge in [0.2, 0.25) is 0 Å². The lowest BCUT2D eigenvalue weighted by Gasteiger charge is -2.36. The standard InChI is InChI=1S/C55H39NSi/c1-4-18-43(19-5-1)57(44-20-6-2-7-21-44,45-22-8-3-9-23-45)46-38-34-41(35-39-46)55(51-28-14-10-24-47(51)48-25-11-15-29-52(48)55)40-32-36-42(37-33-40)56-53-30-16-12-26-49(53)50-27-13-17-31-54(50)56/h1-39H. The molecule has 0 bridgehead atoms. The lowest BCUT2D eigenvalue weighted by Crippen LogP contribution is -2.74. The van der Waals surface area contributed by atoms with Crippen molar-refractivity contribution in [3.63, 3.8) is 0 Å². The molecule has 57 heavy (non-hydrogen) atoms. The molecule has 0 atom stereocenters. The number of aromatic nitrogens is 1. The van der Waals surface area contributed by atoms with Gasteiger partial charge in [-0.2, -0.15) is 0 Å². The minimum Gasteiger partial charge on any atom is -0.309 e. The van der Waals surface area contributed by atoms with Crippen molar-refractivity contribution in [3.05, 3.63) is 259 Å². The van der Waals surface area contributed by atoms with Gasteiger partial charge in [0.1, 0.15) is 0 Å². The van der Waals surface area contributed by atoms with Gasteiger partial charge in [-0.1, -0.05) is 212 Å². The van der Waals surface area contributed by atoms with E-state index in [-0.39, 0.29) is 0 Å². The van der Waals surface area contributed by atoms with Crippen molar-refractivity contribution in [2.24, 2.45) is 0 Å². The summed E-state index contributed by atoms with van der Waals surface area (Å²) in [5.41, 5.74) is 10.8. The molecule has 0 aliphatic heterocycles. The Morgan fingerprint density at radius 1 is 0.298 bits per heavy atom. The minimum atomic E-state index is -2.70. The van der Waals surface area contributed by atoms with Crippen LogP contribution in [0.4, 0.5) is 0 Å². The van der Waals surface area contributed by atoms with Crippen LogP contribution in [0.25, 0.3) is 38.6 Å². The maximum atomic E-state index is 2.45. The average molecular weight is 742 g/mol. The monoisotopic (exact) mass is 741 g/mol. The summed E-state index contributed by atoms with van der Waals surface area (Å²) in [6.07, 6.45) is 0. The van der Waals surface area contributed by atoms with E-state index in [4.69, 9.17) is 0 Å². The van der Waals surface area contributed by atoms with E-state index in [1.165, 1.54) is 75.9 Å². The molecule has 0 N–H and O–H groups in total. The first-order chi connectivity index (χ1) is 28.3. The fraction of sp³-hybridized carbons (Fsp3) is 0.0182. The molecule has 1 aromatic heterocycles. The minimum absolute atomic E-state index is 0.512. The van der Waals surface area contributed by atoms with Crippen LogP contribution in [0.2, 0.25) is 0 Å². The number of hydrogen-bond donors (Lipinski definition) is 0. The molecule has 1 heterocycles. The highest BCUT2D eigenvalue weighted by atomic mass is 28.3. The molecule has 9 aromatic carbocycles. The van der Waals surface area contributed by atoms with Crippen LogP contribution in [0.15, 0.2) is 237 Å². The summed E-state index contributed by atoms with van der Waals surface area (Å²) < 4.78 is 2.41. The lowest BCUT2D eigenvalue weighted by atomic mass is 9.68. The highest BCUT2D eigenvalue weighted by Crippen LogP contribution is 2.56. The van der Waals surface area contributed by atoms with Gasteiger partial charge in [-0.25, -0.2) is 0 Å². The first kappa shape index (κ1) is 33.3. The van der Waals surface area contributed by atoms with E-state index in [9.17, 15) is 0 Å². The van der Waals surface area contributed by atoms with Crippen molar-refractivity contribution >= 4 is 50.6 Å². The normalized spacial score (nSPS) is 13.1.